The van der Waals surface area contributed by atoms with Crippen LogP contribution in [0.1, 0.15) is 37.0 Å². The van der Waals surface area contributed by atoms with Crippen LogP contribution in [0.15, 0.2) is 53.4 Å². The van der Waals surface area contributed by atoms with E-state index < -0.39 is 21.7 Å². The van der Waals surface area contributed by atoms with Crippen molar-refractivity contribution in [2.24, 2.45) is 5.92 Å². The lowest BCUT2D eigenvalue weighted by atomic mass is 9.98. The first-order valence-corrected chi connectivity index (χ1v) is 12.1. The number of ether oxygens (including phenoxy) is 1. The fourth-order valence-electron chi connectivity index (χ4n) is 3.83. The van der Waals surface area contributed by atoms with Gasteiger partial charge < -0.3 is 9.64 Å². The molecule has 0 N–H and O–H groups in total. The number of halogens is 1. The molecule has 168 valence electrons. The van der Waals surface area contributed by atoms with Crippen molar-refractivity contribution in [3.05, 3.63) is 59.9 Å². The van der Waals surface area contributed by atoms with E-state index in [4.69, 9.17) is 4.74 Å². The van der Waals surface area contributed by atoms with Gasteiger partial charge in [0.05, 0.1) is 17.1 Å². The number of amides is 1. The Balaban J connectivity index is 1.74. The summed E-state index contributed by atoms with van der Waals surface area (Å²) in [4.78, 5) is 14.6. The molecule has 0 aliphatic carbocycles. The normalized spacial score (nSPS) is 17.0. The molecule has 1 amide bonds. The van der Waals surface area contributed by atoms with Gasteiger partial charge in [0.25, 0.3) is 5.91 Å². The fourth-order valence-corrected chi connectivity index (χ4v) is 5.31. The van der Waals surface area contributed by atoms with E-state index in [9.17, 15) is 17.6 Å². The van der Waals surface area contributed by atoms with Gasteiger partial charge in [0, 0.05) is 32.1 Å². The number of sulfonamides is 1. The number of hydrogen-bond acceptors (Lipinski definition) is 4. The fraction of sp³-hybridized carbons (Fsp3) is 0.435. The van der Waals surface area contributed by atoms with Gasteiger partial charge in [0.15, 0.2) is 0 Å². The Morgan fingerprint density at radius 1 is 1.16 bits per heavy atom. The van der Waals surface area contributed by atoms with Gasteiger partial charge in [-0.3, -0.25) is 4.79 Å². The standard InChI is InChI=1S/C23H29FN2O4S/c1-3-26(4-2)31(28,29)20-12-13-22(24)21(15-20)23(27)25-14-8-9-18(16-25)17-30-19-10-6-5-7-11-19/h5-7,10-13,15,18H,3-4,8-9,14,16-17H2,1-2H3. The summed E-state index contributed by atoms with van der Waals surface area (Å²) < 4.78 is 47.2. The second-order valence-electron chi connectivity index (χ2n) is 7.61. The molecule has 8 heteroatoms. The molecule has 2 aromatic carbocycles. The highest BCUT2D eigenvalue weighted by Gasteiger charge is 2.29. The predicted molar refractivity (Wildman–Crippen MR) is 117 cm³/mol. The van der Waals surface area contributed by atoms with Crippen molar-refractivity contribution >= 4 is 15.9 Å². The molecule has 1 aliphatic rings. The van der Waals surface area contributed by atoms with Gasteiger partial charge in [-0.2, -0.15) is 4.31 Å². The highest BCUT2D eigenvalue weighted by Crippen LogP contribution is 2.24. The number of likely N-dealkylation sites (tertiary alicyclic amines) is 1. The van der Waals surface area contributed by atoms with Crippen LogP contribution in [0, 0.1) is 11.7 Å². The highest BCUT2D eigenvalue weighted by molar-refractivity contribution is 7.89. The van der Waals surface area contributed by atoms with Gasteiger partial charge in [-0.25, -0.2) is 12.8 Å². The molecule has 0 radical (unpaired) electrons. The van der Waals surface area contributed by atoms with E-state index in [0.29, 0.717) is 32.8 Å². The Morgan fingerprint density at radius 2 is 1.87 bits per heavy atom. The molecule has 1 aliphatic heterocycles. The van der Waals surface area contributed by atoms with Gasteiger partial charge in [0.2, 0.25) is 10.0 Å². The Labute approximate surface area is 183 Å². The number of rotatable bonds is 8. The number of para-hydroxylation sites is 1. The van der Waals surface area contributed by atoms with Gasteiger partial charge in [0.1, 0.15) is 11.6 Å². The molecule has 0 bridgehead atoms. The van der Waals surface area contributed by atoms with E-state index >= 15 is 0 Å². The average molecular weight is 449 g/mol. The lowest BCUT2D eigenvalue weighted by Crippen LogP contribution is -2.42. The first-order chi connectivity index (χ1) is 14.9. The van der Waals surface area contributed by atoms with Crippen molar-refractivity contribution in [1.29, 1.82) is 0 Å². The van der Waals surface area contributed by atoms with Gasteiger partial charge in [-0.1, -0.05) is 32.0 Å². The SMILES string of the molecule is CCN(CC)S(=O)(=O)c1ccc(F)c(C(=O)N2CCCC(COc3ccccc3)C2)c1. The minimum atomic E-state index is -3.78. The van der Waals surface area contributed by atoms with E-state index in [1.54, 1.807) is 18.7 Å². The molecule has 1 saturated heterocycles. The molecule has 0 saturated carbocycles. The minimum Gasteiger partial charge on any atom is -0.493 e. The summed E-state index contributed by atoms with van der Waals surface area (Å²) in [6.07, 6.45) is 1.70. The van der Waals surface area contributed by atoms with Crippen molar-refractivity contribution in [2.75, 3.05) is 32.8 Å². The van der Waals surface area contributed by atoms with Crippen LogP contribution in [0.5, 0.6) is 5.75 Å². The van der Waals surface area contributed by atoms with Crippen molar-refractivity contribution in [3.8, 4) is 5.75 Å². The summed E-state index contributed by atoms with van der Waals surface area (Å²) in [5.74, 6) is -0.306. The van der Waals surface area contributed by atoms with E-state index in [1.807, 2.05) is 30.3 Å². The maximum atomic E-state index is 14.5. The molecular weight excluding hydrogens is 419 g/mol. The molecule has 0 spiro atoms. The van der Waals surface area contributed by atoms with Crippen molar-refractivity contribution in [3.63, 3.8) is 0 Å². The topological polar surface area (TPSA) is 66.9 Å². The first kappa shape index (κ1) is 23.2. The number of carbonyl (C=O) groups excluding carboxylic acids is 1. The molecular formula is C23H29FN2O4S. The Kier molecular flexibility index (Phi) is 7.67. The molecule has 6 nitrogen and oxygen atoms in total. The van der Waals surface area contributed by atoms with Crippen LogP contribution in [-0.2, 0) is 10.0 Å². The maximum Gasteiger partial charge on any atom is 0.256 e. The molecule has 1 fully saturated rings. The van der Waals surface area contributed by atoms with Crippen LogP contribution in [0.25, 0.3) is 0 Å². The quantitative estimate of drug-likeness (QED) is 0.616. The number of piperidine rings is 1. The van der Waals surface area contributed by atoms with Crippen molar-refractivity contribution in [1.82, 2.24) is 9.21 Å². The second-order valence-corrected chi connectivity index (χ2v) is 9.55. The van der Waals surface area contributed by atoms with Crippen molar-refractivity contribution < 1.29 is 22.3 Å². The van der Waals surface area contributed by atoms with Gasteiger partial charge in [-0.15, -0.1) is 0 Å². The lowest BCUT2D eigenvalue weighted by molar-refractivity contribution is 0.0628. The zero-order valence-electron chi connectivity index (χ0n) is 18.0. The number of hydrogen-bond donors (Lipinski definition) is 0. The van der Waals surface area contributed by atoms with Gasteiger partial charge in [-0.05, 0) is 43.2 Å². The second kappa shape index (κ2) is 10.2. The molecule has 2 aromatic rings. The Morgan fingerprint density at radius 3 is 2.55 bits per heavy atom. The zero-order valence-corrected chi connectivity index (χ0v) is 18.8. The summed E-state index contributed by atoms with van der Waals surface area (Å²) >= 11 is 0. The summed E-state index contributed by atoms with van der Waals surface area (Å²) in [7, 11) is -3.78. The number of carbonyl (C=O) groups is 1. The lowest BCUT2D eigenvalue weighted by Gasteiger charge is -2.33. The monoisotopic (exact) mass is 448 g/mol. The highest BCUT2D eigenvalue weighted by atomic mass is 32.2. The minimum absolute atomic E-state index is 0.0677. The van der Waals surface area contributed by atoms with Crippen LogP contribution in [0.4, 0.5) is 4.39 Å². The van der Waals surface area contributed by atoms with E-state index in [0.717, 1.165) is 30.7 Å². The molecule has 3 rings (SSSR count). The molecule has 0 aromatic heterocycles. The van der Waals surface area contributed by atoms with Crippen LogP contribution in [0.3, 0.4) is 0 Å². The largest absolute Gasteiger partial charge is 0.493 e. The van der Waals surface area contributed by atoms with E-state index in [2.05, 4.69) is 0 Å². The Hall–Kier alpha value is -2.45. The summed E-state index contributed by atoms with van der Waals surface area (Å²) in [6.45, 7) is 5.49. The maximum absolute atomic E-state index is 14.5. The van der Waals surface area contributed by atoms with Crippen LogP contribution < -0.4 is 4.74 Å². The third-order valence-electron chi connectivity index (χ3n) is 5.55. The van der Waals surface area contributed by atoms with Crippen LogP contribution in [-0.4, -0.2) is 56.3 Å². The van der Waals surface area contributed by atoms with E-state index in [-0.39, 0.29) is 16.4 Å². The summed E-state index contributed by atoms with van der Waals surface area (Å²) in [5, 5.41) is 0. The van der Waals surface area contributed by atoms with Crippen LogP contribution in [0.2, 0.25) is 0 Å². The zero-order chi connectivity index (χ0) is 22.4. The molecule has 1 heterocycles. The van der Waals surface area contributed by atoms with Crippen molar-refractivity contribution in [2.45, 2.75) is 31.6 Å². The van der Waals surface area contributed by atoms with Gasteiger partial charge >= 0.3 is 0 Å². The predicted octanol–water partition coefficient (Wildman–Crippen LogP) is 3.79. The molecule has 1 unspecified atom stereocenters. The number of benzene rings is 2. The summed E-state index contributed by atoms with van der Waals surface area (Å²) in [6, 6.07) is 12.9. The first-order valence-electron chi connectivity index (χ1n) is 10.6. The number of nitrogens with zero attached hydrogens (tertiary/aromatic N) is 2. The molecule has 31 heavy (non-hydrogen) atoms. The third-order valence-corrected chi connectivity index (χ3v) is 7.59. The summed E-state index contributed by atoms with van der Waals surface area (Å²) in [5.41, 5.74) is -0.210. The van der Waals surface area contributed by atoms with Crippen LogP contribution >= 0.6 is 0 Å². The Bertz CT molecular complexity index is 994. The third kappa shape index (κ3) is 5.43. The van der Waals surface area contributed by atoms with E-state index in [1.165, 1.54) is 10.4 Å². The smallest absolute Gasteiger partial charge is 0.256 e. The molecule has 1 atom stereocenters. The average Bonchev–Trinajstić information content (AvgIpc) is 2.79.